The molecule has 1 aromatic heterocycles. The van der Waals surface area contributed by atoms with Gasteiger partial charge in [-0.05, 0) is 49.3 Å². The molecule has 6 nitrogen and oxygen atoms in total. The standard InChI is InChI=1S/C27H41N3O3/c1-5-18(4)14-21(17-26(31)32)28-27(33)20-12-13-24-23(16-20)29-25(15-19-10-8-9-11-19)30(24)22(6-2)7-3/h12-13,16,18-19,21-22H,5-11,14-15,17H2,1-4H3,(H,28,33)(H,31,32)/t18?,21-/m0/s1. The Hall–Kier alpha value is -2.37. The van der Waals surface area contributed by atoms with E-state index in [0.29, 0.717) is 29.9 Å². The summed E-state index contributed by atoms with van der Waals surface area (Å²) in [5.41, 5.74) is 2.50. The third kappa shape index (κ3) is 6.36. The third-order valence-electron chi connectivity index (χ3n) is 7.42. The van der Waals surface area contributed by atoms with Crippen molar-refractivity contribution < 1.29 is 14.7 Å². The van der Waals surface area contributed by atoms with E-state index in [0.717, 1.165) is 42.5 Å². The predicted octanol–water partition coefficient (Wildman–Crippen LogP) is 6.14. The van der Waals surface area contributed by atoms with E-state index >= 15 is 0 Å². The number of carboxylic acid groups (broad SMARTS) is 1. The van der Waals surface area contributed by atoms with Gasteiger partial charge in [0.15, 0.2) is 0 Å². The summed E-state index contributed by atoms with van der Waals surface area (Å²) >= 11 is 0. The van der Waals surface area contributed by atoms with Gasteiger partial charge in [-0.3, -0.25) is 9.59 Å². The van der Waals surface area contributed by atoms with Crippen LogP contribution in [0.5, 0.6) is 0 Å². The highest BCUT2D eigenvalue weighted by molar-refractivity contribution is 5.97. The average molecular weight is 456 g/mol. The maximum atomic E-state index is 13.0. The van der Waals surface area contributed by atoms with E-state index in [-0.39, 0.29) is 18.4 Å². The first-order chi connectivity index (χ1) is 15.9. The molecule has 1 heterocycles. The summed E-state index contributed by atoms with van der Waals surface area (Å²) in [6.45, 7) is 8.61. The average Bonchev–Trinajstić information content (AvgIpc) is 3.42. The molecule has 1 aromatic carbocycles. The molecule has 0 aliphatic heterocycles. The highest BCUT2D eigenvalue weighted by Crippen LogP contribution is 2.32. The van der Waals surface area contributed by atoms with Gasteiger partial charge in [-0.25, -0.2) is 4.98 Å². The summed E-state index contributed by atoms with van der Waals surface area (Å²) in [7, 11) is 0. The van der Waals surface area contributed by atoms with Crippen molar-refractivity contribution in [2.75, 3.05) is 0 Å². The van der Waals surface area contributed by atoms with Gasteiger partial charge in [-0.1, -0.05) is 59.8 Å². The van der Waals surface area contributed by atoms with E-state index in [1.54, 1.807) is 0 Å². The fourth-order valence-electron chi connectivity index (χ4n) is 5.29. The Morgan fingerprint density at radius 3 is 2.45 bits per heavy atom. The number of nitrogens with zero attached hydrogens (tertiary/aromatic N) is 2. The molecule has 2 N–H and O–H groups in total. The van der Waals surface area contributed by atoms with Gasteiger partial charge < -0.3 is 15.0 Å². The van der Waals surface area contributed by atoms with Crippen LogP contribution < -0.4 is 5.32 Å². The molecule has 2 aromatic rings. The van der Waals surface area contributed by atoms with Crippen LogP contribution in [-0.2, 0) is 11.2 Å². The summed E-state index contributed by atoms with van der Waals surface area (Å²) in [6.07, 6.45) is 9.84. The second kappa shape index (κ2) is 11.7. The lowest BCUT2D eigenvalue weighted by Gasteiger charge is -2.21. The van der Waals surface area contributed by atoms with Crippen molar-refractivity contribution in [2.24, 2.45) is 11.8 Å². The molecule has 1 unspecified atom stereocenters. The molecule has 3 rings (SSSR count). The summed E-state index contributed by atoms with van der Waals surface area (Å²) in [4.78, 5) is 29.4. The van der Waals surface area contributed by atoms with Crippen LogP contribution >= 0.6 is 0 Å². The van der Waals surface area contributed by atoms with E-state index in [1.807, 2.05) is 18.2 Å². The van der Waals surface area contributed by atoms with E-state index in [2.05, 4.69) is 37.6 Å². The molecular formula is C27H41N3O3. The van der Waals surface area contributed by atoms with Gasteiger partial charge >= 0.3 is 5.97 Å². The molecule has 0 bridgehead atoms. The molecular weight excluding hydrogens is 414 g/mol. The second-order valence-corrected chi connectivity index (χ2v) is 9.94. The molecule has 182 valence electrons. The first-order valence-corrected chi connectivity index (χ1v) is 12.9. The molecule has 2 atom stereocenters. The van der Waals surface area contributed by atoms with Crippen LogP contribution in [0.3, 0.4) is 0 Å². The Morgan fingerprint density at radius 2 is 1.85 bits per heavy atom. The molecule has 1 aliphatic rings. The summed E-state index contributed by atoms with van der Waals surface area (Å²) in [6, 6.07) is 5.79. The zero-order chi connectivity index (χ0) is 24.0. The van der Waals surface area contributed by atoms with E-state index in [1.165, 1.54) is 25.7 Å². The van der Waals surface area contributed by atoms with Crippen LogP contribution in [0.1, 0.15) is 108 Å². The van der Waals surface area contributed by atoms with Crippen molar-refractivity contribution in [1.82, 2.24) is 14.9 Å². The molecule has 6 heteroatoms. The van der Waals surface area contributed by atoms with Crippen LogP contribution in [0.2, 0.25) is 0 Å². The molecule has 0 radical (unpaired) electrons. The van der Waals surface area contributed by atoms with Crippen LogP contribution in [0.15, 0.2) is 18.2 Å². The number of aliphatic carboxylic acids is 1. The van der Waals surface area contributed by atoms with Crippen molar-refractivity contribution in [3.05, 3.63) is 29.6 Å². The van der Waals surface area contributed by atoms with Crippen LogP contribution in [0, 0.1) is 11.8 Å². The minimum Gasteiger partial charge on any atom is -0.481 e. The fourth-order valence-corrected chi connectivity index (χ4v) is 5.29. The number of nitrogens with one attached hydrogen (secondary N) is 1. The largest absolute Gasteiger partial charge is 0.481 e. The van der Waals surface area contributed by atoms with Gasteiger partial charge in [-0.2, -0.15) is 0 Å². The number of fused-ring (bicyclic) bond motifs is 1. The minimum atomic E-state index is -0.889. The topological polar surface area (TPSA) is 84.2 Å². The molecule has 0 saturated heterocycles. The lowest BCUT2D eigenvalue weighted by atomic mass is 9.97. The Kier molecular flexibility index (Phi) is 8.93. The molecule has 0 spiro atoms. The Bertz CT molecular complexity index is 941. The van der Waals surface area contributed by atoms with Crippen LogP contribution in [0.25, 0.3) is 11.0 Å². The number of hydrogen-bond acceptors (Lipinski definition) is 3. The highest BCUT2D eigenvalue weighted by Gasteiger charge is 2.24. The number of carboxylic acids is 1. The number of aromatic nitrogens is 2. The zero-order valence-corrected chi connectivity index (χ0v) is 20.8. The van der Waals surface area contributed by atoms with Gasteiger partial charge in [0, 0.05) is 24.1 Å². The number of benzene rings is 1. The number of rotatable bonds is 12. The van der Waals surface area contributed by atoms with Crippen molar-refractivity contribution >= 4 is 22.9 Å². The van der Waals surface area contributed by atoms with Crippen LogP contribution in [-0.4, -0.2) is 32.6 Å². The SMILES string of the molecule is CCC(C)C[C@@H](CC(=O)O)NC(=O)c1ccc2c(c1)nc(CC1CCCC1)n2C(CC)CC. The molecule has 1 amide bonds. The number of hydrogen-bond donors (Lipinski definition) is 2. The van der Waals surface area contributed by atoms with Gasteiger partial charge in [-0.15, -0.1) is 0 Å². The molecule has 1 aliphatic carbocycles. The van der Waals surface area contributed by atoms with E-state index in [9.17, 15) is 14.7 Å². The van der Waals surface area contributed by atoms with Gasteiger partial charge in [0.2, 0.25) is 0 Å². The summed E-state index contributed by atoms with van der Waals surface area (Å²) < 4.78 is 2.41. The number of carbonyl (C=O) groups is 2. The van der Waals surface area contributed by atoms with Gasteiger partial charge in [0.05, 0.1) is 17.5 Å². The van der Waals surface area contributed by atoms with Gasteiger partial charge in [0.1, 0.15) is 5.82 Å². The lowest BCUT2D eigenvalue weighted by Crippen LogP contribution is -2.37. The quantitative estimate of drug-likeness (QED) is 0.403. The predicted molar refractivity (Wildman–Crippen MR) is 133 cm³/mol. The Morgan fingerprint density at radius 1 is 1.15 bits per heavy atom. The lowest BCUT2D eigenvalue weighted by molar-refractivity contribution is -0.137. The maximum absolute atomic E-state index is 13.0. The smallest absolute Gasteiger partial charge is 0.305 e. The van der Waals surface area contributed by atoms with Crippen molar-refractivity contribution in [2.45, 2.75) is 104 Å². The number of carbonyl (C=O) groups excluding carboxylic acids is 1. The van der Waals surface area contributed by atoms with E-state index in [4.69, 9.17) is 4.98 Å². The van der Waals surface area contributed by atoms with Crippen LogP contribution in [0.4, 0.5) is 0 Å². The van der Waals surface area contributed by atoms with Crippen molar-refractivity contribution in [3.63, 3.8) is 0 Å². The molecule has 1 saturated carbocycles. The zero-order valence-electron chi connectivity index (χ0n) is 20.8. The fraction of sp³-hybridized carbons (Fsp3) is 0.667. The maximum Gasteiger partial charge on any atom is 0.305 e. The number of imidazole rings is 1. The van der Waals surface area contributed by atoms with Crippen molar-refractivity contribution in [3.8, 4) is 0 Å². The van der Waals surface area contributed by atoms with Crippen molar-refractivity contribution in [1.29, 1.82) is 0 Å². The third-order valence-corrected chi connectivity index (χ3v) is 7.42. The number of amides is 1. The Balaban J connectivity index is 1.88. The second-order valence-electron chi connectivity index (χ2n) is 9.94. The Labute approximate surface area is 198 Å². The van der Waals surface area contributed by atoms with E-state index < -0.39 is 5.97 Å². The summed E-state index contributed by atoms with van der Waals surface area (Å²) in [5, 5.41) is 12.2. The van der Waals surface area contributed by atoms with Gasteiger partial charge in [0.25, 0.3) is 5.91 Å². The normalized spacial score (nSPS) is 16.4. The highest BCUT2D eigenvalue weighted by atomic mass is 16.4. The first kappa shape index (κ1) is 25.3. The monoisotopic (exact) mass is 455 g/mol. The minimum absolute atomic E-state index is 0.0623. The molecule has 33 heavy (non-hydrogen) atoms. The summed E-state index contributed by atoms with van der Waals surface area (Å²) in [5.74, 6) is 1.09. The first-order valence-electron chi connectivity index (χ1n) is 12.9. The molecule has 1 fully saturated rings.